The van der Waals surface area contributed by atoms with Gasteiger partial charge in [-0.15, -0.1) is 5.10 Å². The lowest BCUT2D eigenvalue weighted by Gasteiger charge is -2.26. The van der Waals surface area contributed by atoms with Gasteiger partial charge in [-0.25, -0.2) is 15.4 Å². The molecule has 4 N–H and O–H groups in total. The molecule has 0 saturated heterocycles. The van der Waals surface area contributed by atoms with Crippen molar-refractivity contribution in [2.75, 3.05) is 32.1 Å². The largest absolute Gasteiger partial charge is 0.460 e. The van der Waals surface area contributed by atoms with Crippen LogP contribution in [-0.2, 0) is 36.3 Å². The average Bonchev–Trinajstić information content (AvgIpc) is 3.05. The number of pyridine rings is 1. The summed E-state index contributed by atoms with van der Waals surface area (Å²) in [4.78, 5) is 17.4. The van der Waals surface area contributed by atoms with Crippen molar-refractivity contribution >= 4 is 26.6 Å². The predicted octanol–water partition coefficient (Wildman–Crippen LogP) is 4.97. The van der Waals surface area contributed by atoms with Crippen LogP contribution in [0.5, 0.6) is 0 Å². The van der Waals surface area contributed by atoms with E-state index in [4.69, 9.17) is 29.9 Å². The Morgan fingerprint density at radius 1 is 0.956 bits per heavy atom. The zero-order chi connectivity index (χ0) is 32.0. The van der Waals surface area contributed by atoms with Crippen molar-refractivity contribution in [2.24, 2.45) is 16.7 Å². The van der Waals surface area contributed by atoms with Crippen LogP contribution in [0, 0.1) is 5.82 Å². The summed E-state index contributed by atoms with van der Waals surface area (Å²) in [6.45, 7) is 1.17. The number of nitrogens with zero attached hydrogens (tertiary/aromatic N) is 4. The van der Waals surface area contributed by atoms with Crippen LogP contribution in [0.15, 0.2) is 102 Å². The van der Waals surface area contributed by atoms with Gasteiger partial charge in [-0.05, 0) is 35.4 Å². The van der Waals surface area contributed by atoms with Crippen molar-refractivity contribution < 1.29 is 27.5 Å². The molecule has 13 heteroatoms. The van der Waals surface area contributed by atoms with E-state index in [1.54, 1.807) is 36.2 Å². The van der Waals surface area contributed by atoms with Crippen LogP contribution in [0.4, 0.5) is 10.1 Å². The Kier molecular flexibility index (Phi) is 12.7. The normalized spacial score (nSPS) is 12.2. The highest BCUT2D eigenvalue weighted by atomic mass is 31.2. The van der Waals surface area contributed by atoms with E-state index in [-0.39, 0.29) is 32.2 Å². The Bertz CT molecular complexity index is 1470. The zero-order valence-corrected chi connectivity index (χ0v) is 25.9. The summed E-state index contributed by atoms with van der Waals surface area (Å²) in [6.07, 6.45) is 0.830. The van der Waals surface area contributed by atoms with E-state index in [1.807, 2.05) is 60.7 Å². The summed E-state index contributed by atoms with van der Waals surface area (Å²) in [7, 11) is 1.52. The molecule has 0 fully saturated rings. The molecule has 0 aliphatic carbocycles. The highest BCUT2D eigenvalue weighted by Crippen LogP contribution is 2.42. The molecule has 4 rings (SSSR count). The lowest BCUT2D eigenvalue weighted by molar-refractivity contribution is -0.134. The fraction of sp³-hybridized carbons (Fsp3) is 0.219. The molecule has 0 saturated carbocycles. The van der Waals surface area contributed by atoms with E-state index >= 15 is 4.39 Å². The van der Waals surface area contributed by atoms with Crippen LogP contribution in [0.2, 0.25) is 0 Å². The fourth-order valence-corrected chi connectivity index (χ4v) is 5.21. The van der Waals surface area contributed by atoms with E-state index < -0.39 is 20.5 Å². The summed E-state index contributed by atoms with van der Waals surface area (Å²) >= 11 is 0. The third kappa shape index (κ3) is 10.6. The molecule has 1 aromatic heterocycles. The lowest BCUT2D eigenvalue weighted by Crippen LogP contribution is -2.34. The number of anilines is 1. The van der Waals surface area contributed by atoms with Crippen LogP contribution in [0.25, 0.3) is 11.1 Å². The Balaban J connectivity index is 1.38. The van der Waals surface area contributed by atoms with E-state index in [0.717, 1.165) is 16.2 Å². The van der Waals surface area contributed by atoms with Gasteiger partial charge in [-0.3, -0.25) is 9.78 Å². The zero-order valence-electron chi connectivity index (χ0n) is 25.0. The van der Waals surface area contributed by atoms with E-state index in [1.165, 1.54) is 19.3 Å². The van der Waals surface area contributed by atoms with Crippen molar-refractivity contribution in [3.8, 4) is 11.1 Å². The summed E-state index contributed by atoms with van der Waals surface area (Å²) < 4.78 is 38.5. The maximum Gasteiger partial charge on any atom is 0.333 e. The quantitative estimate of drug-likeness (QED) is 0.0409. The van der Waals surface area contributed by atoms with Crippen molar-refractivity contribution in [1.82, 2.24) is 10.1 Å². The number of halogens is 1. The number of hydrogen-bond acceptors (Lipinski definition) is 10. The highest BCUT2D eigenvalue weighted by molar-refractivity contribution is 7.41. The van der Waals surface area contributed by atoms with E-state index in [9.17, 15) is 4.79 Å². The molecule has 1 heterocycles. The van der Waals surface area contributed by atoms with Crippen molar-refractivity contribution in [3.63, 3.8) is 0 Å². The standard InChI is InChI=1S/C32H36FN6O5P/c1-38(27-14-15-29(30(33)17-27)26-13-16-31(36-18-26)32(34)37-39(2)35)19-28(41-23-40)22-44-45(42-20-24-9-5-3-6-10-24)43-21-25-11-7-4-8-12-25/h3-18,23,28H,19-22,35H2,1-2H3,(H2,34,37). The van der Waals surface area contributed by atoms with Crippen LogP contribution in [-0.4, -0.2) is 55.8 Å². The second kappa shape index (κ2) is 17.1. The topological polar surface area (TPSA) is 138 Å². The predicted molar refractivity (Wildman–Crippen MR) is 172 cm³/mol. The molecular formula is C32H36FN6O5P. The molecule has 236 valence electrons. The summed E-state index contributed by atoms with van der Waals surface area (Å²) in [5, 5.41) is 4.99. The third-order valence-electron chi connectivity index (χ3n) is 6.45. The molecule has 4 aromatic rings. The number of nitrogens with two attached hydrogens (primary N) is 2. The Morgan fingerprint density at radius 2 is 1.60 bits per heavy atom. The molecule has 0 spiro atoms. The van der Waals surface area contributed by atoms with Crippen LogP contribution < -0.4 is 16.5 Å². The molecule has 1 unspecified atom stereocenters. The number of aromatic nitrogens is 1. The van der Waals surface area contributed by atoms with Crippen molar-refractivity contribution in [1.29, 1.82) is 0 Å². The lowest BCUT2D eigenvalue weighted by atomic mass is 10.1. The second-order valence-electron chi connectivity index (χ2n) is 9.93. The number of rotatable bonds is 17. The Morgan fingerprint density at radius 3 is 2.13 bits per heavy atom. The molecule has 0 aliphatic heterocycles. The number of benzene rings is 3. The first kappa shape index (κ1) is 33.4. The van der Waals surface area contributed by atoms with Crippen molar-refractivity contribution in [2.45, 2.75) is 19.3 Å². The van der Waals surface area contributed by atoms with E-state index in [0.29, 0.717) is 29.0 Å². The number of carbonyl (C=O) groups excluding carboxylic acids is 1. The molecule has 3 aromatic carbocycles. The van der Waals surface area contributed by atoms with Gasteiger partial charge in [0.2, 0.25) is 0 Å². The summed E-state index contributed by atoms with van der Waals surface area (Å²) in [6, 6.07) is 27.5. The van der Waals surface area contributed by atoms with Gasteiger partial charge >= 0.3 is 8.60 Å². The minimum Gasteiger partial charge on any atom is -0.460 e. The maximum absolute atomic E-state index is 15.2. The number of likely N-dealkylation sites (N-methyl/N-ethyl adjacent to an activating group) is 1. The van der Waals surface area contributed by atoms with Gasteiger partial charge in [0.25, 0.3) is 6.47 Å². The number of ether oxygens (including phenoxy) is 1. The first-order chi connectivity index (χ1) is 21.8. The van der Waals surface area contributed by atoms with Gasteiger partial charge in [0.05, 0.1) is 26.4 Å². The molecule has 11 nitrogen and oxygen atoms in total. The number of amidine groups is 1. The molecule has 0 radical (unpaired) electrons. The average molecular weight is 635 g/mol. The first-order valence-electron chi connectivity index (χ1n) is 14.0. The number of carbonyl (C=O) groups is 1. The Labute approximate surface area is 263 Å². The minimum absolute atomic E-state index is 0.00330. The molecule has 45 heavy (non-hydrogen) atoms. The third-order valence-corrected chi connectivity index (χ3v) is 7.49. The number of hydrogen-bond donors (Lipinski definition) is 2. The number of hydrazine groups is 1. The summed E-state index contributed by atoms with van der Waals surface area (Å²) in [5.41, 5.74) is 9.72. The summed E-state index contributed by atoms with van der Waals surface area (Å²) in [5.74, 6) is 5.18. The molecule has 0 aliphatic rings. The van der Waals surface area contributed by atoms with E-state index in [2.05, 4.69) is 10.1 Å². The van der Waals surface area contributed by atoms with Gasteiger partial charge in [-0.1, -0.05) is 66.7 Å². The highest BCUT2D eigenvalue weighted by Gasteiger charge is 2.21. The van der Waals surface area contributed by atoms with Crippen LogP contribution in [0.1, 0.15) is 16.8 Å². The van der Waals surface area contributed by atoms with Gasteiger partial charge < -0.3 is 28.9 Å². The first-order valence-corrected chi connectivity index (χ1v) is 15.1. The number of hydrazone groups is 1. The van der Waals surface area contributed by atoms with Crippen LogP contribution in [0.3, 0.4) is 0 Å². The minimum atomic E-state index is -1.78. The Hall–Kier alpha value is -4.45. The maximum atomic E-state index is 15.2. The smallest absolute Gasteiger partial charge is 0.333 e. The fourth-order valence-electron chi connectivity index (χ4n) is 4.18. The molecular weight excluding hydrogens is 598 g/mol. The van der Waals surface area contributed by atoms with Gasteiger partial charge in [-0.2, -0.15) is 0 Å². The van der Waals surface area contributed by atoms with Crippen LogP contribution >= 0.6 is 8.60 Å². The van der Waals surface area contributed by atoms with Gasteiger partial charge in [0.1, 0.15) is 17.6 Å². The molecule has 0 bridgehead atoms. The van der Waals surface area contributed by atoms with Crippen molar-refractivity contribution in [3.05, 3.63) is 120 Å². The van der Waals surface area contributed by atoms with Gasteiger partial charge in [0, 0.05) is 37.1 Å². The molecule has 0 amide bonds. The van der Waals surface area contributed by atoms with Gasteiger partial charge in [0.15, 0.2) is 5.84 Å². The monoisotopic (exact) mass is 634 g/mol. The molecule has 1 atom stereocenters. The SMILES string of the molecule is CN(N)/N=C(\N)c1ccc(-c2ccc(N(C)CC(COP(OCc3ccccc3)OCc3ccccc3)OC=O)cc2F)cn1. The second-order valence-corrected chi connectivity index (χ2v) is 11.1.